The molecule has 6 nitrogen and oxygen atoms in total. The molecule has 3 N–H and O–H groups in total. The van der Waals surface area contributed by atoms with Crippen LogP contribution < -0.4 is 15.5 Å². The van der Waals surface area contributed by atoms with E-state index in [4.69, 9.17) is 5.11 Å². The normalized spacial score (nSPS) is 11.8. The first-order chi connectivity index (χ1) is 9.06. The molecule has 6 heteroatoms. The monoisotopic (exact) mass is 266 g/mol. The summed E-state index contributed by atoms with van der Waals surface area (Å²) in [5.74, 6) is 0.831. The molecule has 1 heterocycles. The zero-order chi connectivity index (χ0) is 14.3. The molecular weight excluding hydrogens is 244 g/mol. The standard InChI is InChI=1S/C13H22N4O2/c1-4-10(7-8-18)15-13(19)16-11-5-6-12(14-9-11)17(2)3/h5-6,9-10,18H,4,7-8H2,1-3H3,(H2,15,16,19). The Hall–Kier alpha value is -1.82. The number of carbonyl (C=O) groups is 1. The molecule has 0 aliphatic heterocycles. The third-order valence-electron chi connectivity index (χ3n) is 2.77. The molecule has 2 amide bonds. The third kappa shape index (κ3) is 5.13. The number of anilines is 2. The maximum Gasteiger partial charge on any atom is 0.319 e. The van der Waals surface area contributed by atoms with Crippen LogP contribution >= 0.6 is 0 Å². The van der Waals surface area contributed by atoms with Gasteiger partial charge in [0, 0.05) is 26.7 Å². The Kier molecular flexibility index (Phi) is 6.08. The van der Waals surface area contributed by atoms with E-state index in [1.165, 1.54) is 0 Å². The number of aliphatic hydroxyl groups excluding tert-OH is 1. The Balaban J connectivity index is 2.52. The van der Waals surface area contributed by atoms with Crippen LogP contribution in [-0.4, -0.2) is 42.9 Å². The van der Waals surface area contributed by atoms with E-state index in [9.17, 15) is 4.79 Å². The van der Waals surface area contributed by atoms with Crippen molar-refractivity contribution in [3.63, 3.8) is 0 Å². The summed E-state index contributed by atoms with van der Waals surface area (Å²) in [6, 6.07) is 3.34. The Morgan fingerprint density at radius 2 is 2.21 bits per heavy atom. The average Bonchev–Trinajstić information content (AvgIpc) is 2.38. The highest BCUT2D eigenvalue weighted by atomic mass is 16.3. The summed E-state index contributed by atoms with van der Waals surface area (Å²) in [5.41, 5.74) is 0.641. The number of hydrogen-bond acceptors (Lipinski definition) is 4. The number of pyridine rings is 1. The number of amides is 2. The van der Waals surface area contributed by atoms with E-state index in [0.29, 0.717) is 12.1 Å². The first kappa shape index (κ1) is 15.2. The van der Waals surface area contributed by atoms with E-state index < -0.39 is 0 Å². The van der Waals surface area contributed by atoms with Gasteiger partial charge in [-0.1, -0.05) is 6.92 Å². The second-order valence-electron chi connectivity index (χ2n) is 4.52. The van der Waals surface area contributed by atoms with E-state index in [1.54, 1.807) is 12.3 Å². The first-order valence-electron chi connectivity index (χ1n) is 6.38. The summed E-state index contributed by atoms with van der Waals surface area (Å²) in [4.78, 5) is 17.8. The lowest BCUT2D eigenvalue weighted by Gasteiger charge is -2.16. The quantitative estimate of drug-likeness (QED) is 0.728. The van der Waals surface area contributed by atoms with Gasteiger partial charge in [-0.25, -0.2) is 9.78 Å². The smallest absolute Gasteiger partial charge is 0.319 e. The molecule has 1 aromatic heterocycles. The average molecular weight is 266 g/mol. The third-order valence-corrected chi connectivity index (χ3v) is 2.77. The van der Waals surface area contributed by atoms with Crippen LogP contribution in [0.2, 0.25) is 0 Å². The van der Waals surface area contributed by atoms with Crippen LogP contribution in [0.5, 0.6) is 0 Å². The fourth-order valence-electron chi connectivity index (χ4n) is 1.61. The minimum Gasteiger partial charge on any atom is -0.396 e. The lowest BCUT2D eigenvalue weighted by molar-refractivity contribution is 0.237. The van der Waals surface area contributed by atoms with Crippen LogP contribution in [0, 0.1) is 0 Å². The Bertz CT molecular complexity index is 392. The number of urea groups is 1. The number of nitrogens with zero attached hydrogens (tertiary/aromatic N) is 2. The van der Waals surface area contributed by atoms with E-state index in [0.717, 1.165) is 12.2 Å². The predicted octanol–water partition coefficient (Wildman–Crippen LogP) is 1.43. The maximum atomic E-state index is 11.7. The van der Waals surface area contributed by atoms with Crippen LogP contribution in [0.15, 0.2) is 18.3 Å². The van der Waals surface area contributed by atoms with Gasteiger partial charge in [0.1, 0.15) is 5.82 Å². The molecule has 0 aliphatic carbocycles. The van der Waals surface area contributed by atoms with Crippen molar-refractivity contribution in [1.82, 2.24) is 10.3 Å². The zero-order valence-corrected chi connectivity index (χ0v) is 11.7. The number of nitrogens with one attached hydrogen (secondary N) is 2. The highest BCUT2D eigenvalue weighted by Gasteiger charge is 2.09. The van der Waals surface area contributed by atoms with Gasteiger partial charge in [-0.15, -0.1) is 0 Å². The molecule has 0 saturated carbocycles. The minimum absolute atomic E-state index is 0.0148. The van der Waals surface area contributed by atoms with Gasteiger partial charge in [0.25, 0.3) is 0 Å². The molecule has 0 spiro atoms. The molecule has 106 valence electrons. The van der Waals surface area contributed by atoms with Crippen molar-refractivity contribution < 1.29 is 9.90 Å². The van der Waals surface area contributed by atoms with Crippen molar-refractivity contribution in [2.75, 3.05) is 30.9 Å². The van der Waals surface area contributed by atoms with Gasteiger partial charge in [0.2, 0.25) is 0 Å². The number of aromatic nitrogens is 1. The molecule has 0 aliphatic rings. The van der Waals surface area contributed by atoms with Crippen molar-refractivity contribution in [2.45, 2.75) is 25.8 Å². The molecule has 0 radical (unpaired) electrons. The largest absolute Gasteiger partial charge is 0.396 e. The van der Waals surface area contributed by atoms with Crippen LogP contribution in [0.3, 0.4) is 0 Å². The molecule has 0 bridgehead atoms. The summed E-state index contributed by atoms with van der Waals surface area (Å²) in [6.07, 6.45) is 2.95. The molecule has 1 rings (SSSR count). The Labute approximate surface area is 113 Å². The van der Waals surface area contributed by atoms with Crippen LogP contribution in [0.25, 0.3) is 0 Å². The van der Waals surface area contributed by atoms with Gasteiger partial charge in [-0.05, 0) is 25.0 Å². The summed E-state index contributed by atoms with van der Waals surface area (Å²) in [5, 5.41) is 14.4. The summed E-state index contributed by atoms with van der Waals surface area (Å²) < 4.78 is 0. The summed E-state index contributed by atoms with van der Waals surface area (Å²) in [6.45, 7) is 2.03. The zero-order valence-electron chi connectivity index (χ0n) is 11.7. The van der Waals surface area contributed by atoms with Gasteiger partial charge < -0.3 is 20.6 Å². The van der Waals surface area contributed by atoms with Gasteiger partial charge in [-0.2, -0.15) is 0 Å². The molecule has 19 heavy (non-hydrogen) atoms. The Morgan fingerprint density at radius 1 is 1.47 bits per heavy atom. The van der Waals surface area contributed by atoms with Crippen molar-refractivity contribution in [3.05, 3.63) is 18.3 Å². The van der Waals surface area contributed by atoms with Crippen LogP contribution in [-0.2, 0) is 0 Å². The number of aliphatic hydroxyl groups is 1. The molecular formula is C13H22N4O2. The molecule has 0 aromatic carbocycles. The van der Waals surface area contributed by atoms with Crippen molar-refractivity contribution >= 4 is 17.5 Å². The number of rotatable bonds is 6. The molecule has 1 aromatic rings. The second kappa shape index (κ2) is 7.58. The highest BCUT2D eigenvalue weighted by Crippen LogP contribution is 2.11. The van der Waals surface area contributed by atoms with Gasteiger partial charge in [0.15, 0.2) is 0 Å². The molecule has 1 atom stereocenters. The van der Waals surface area contributed by atoms with Gasteiger partial charge >= 0.3 is 6.03 Å². The fourth-order valence-corrected chi connectivity index (χ4v) is 1.61. The predicted molar refractivity (Wildman–Crippen MR) is 76.5 cm³/mol. The highest BCUT2D eigenvalue weighted by molar-refractivity contribution is 5.89. The topological polar surface area (TPSA) is 77.5 Å². The van der Waals surface area contributed by atoms with Gasteiger partial charge in [-0.3, -0.25) is 0 Å². The van der Waals surface area contributed by atoms with Gasteiger partial charge in [0.05, 0.1) is 11.9 Å². The Morgan fingerprint density at radius 3 is 2.68 bits per heavy atom. The number of carbonyl (C=O) groups excluding carboxylic acids is 1. The van der Waals surface area contributed by atoms with Crippen LogP contribution in [0.4, 0.5) is 16.3 Å². The van der Waals surface area contributed by atoms with Crippen molar-refractivity contribution in [3.8, 4) is 0 Å². The van der Waals surface area contributed by atoms with Crippen molar-refractivity contribution in [1.29, 1.82) is 0 Å². The van der Waals surface area contributed by atoms with E-state index in [2.05, 4.69) is 15.6 Å². The number of hydrogen-bond donors (Lipinski definition) is 3. The fraction of sp³-hybridized carbons (Fsp3) is 0.538. The summed E-state index contributed by atoms with van der Waals surface area (Å²) >= 11 is 0. The molecule has 1 unspecified atom stereocenters. The van der Waals surface area contributed by atoms with E-state index in [1.807, 2.05) is 32.0 Å². The molecule has 0 saturated heterocycles. The van der Waals surface area contributed by atoms with E-state index in [-0.39, 0.29) is 18.7 Å². The lowest BCUT2D eigenvalue weighted by Crippen LogP contribution is -2.38. The van der Waals surface area contributed by atoms with Crippen molar-refractivity contribution in [2.24, 2.45) is 0 Å². The lowest BCUT2D eigenvalue weighted by atomic mass is 10.2. The molecule has 0 fully saturated rings. The first-order valence-corrected chi connectivity index (χ1v) is 6.38. The summed E-state index contributed by atoms with van der Waals surface area (Å²) in [7, 11) is 3.81. The SMILES string of the molecule is CCC(CCO)NC(=O)Nc1ccc(N(C)C)nc1. The van der Waals surface area contributed by atoms with Crippen LogP contribution in [0.1, 0.15) is 19.8 Å². The maximum absolute atomic E-state index is 11.7. The van der Waals surface area contributed by atoms with E-state index >= 15 is 0 Å². The minimum atomic E-state index is -0.278. The second-order valence-corrected chi connectivity index (χ2v) is 4.52.